The summed E-state index contributed by atoms with van der Waals surface area (Å²) in [5.41, 5.74) is 0.527. The van der Waals surface area contributed by atoms with Gasteiger partial charge in [-0.25, -0.2) is 4.98 Å². The topological polar surface area (TPSA) is 51.2 Å². The number of halogens is 4. The van der Waals surface area contributed by atoms with Crippen molar-refractivity contribution in [2.45, 2.75) is 6.10 Å². The lowest BCUT2D eigenvalue weighted by atomic mass is 10.1. The van der Waals surface area contributed by atoms with Crippen molar-refractivity contribution in [3.05, 3.63) is 73.6 Å². The van der Waals surface area contributed by atoms with Crippen molar-refractivity contribution in [1.82, 2.24) is 4.98 Å². The quantitative estimate of drug-likeness (QED) is 0.484. The minimum atomic E-state index is -0.995. The highest BCUT2D eigenvalue weighted by atomic mass is 35.5. The third-order valence-corrected chi connectivity index (χ3v) is 5.46. The van der Waals surface area contributed by atoms with Crippen LogP contribution in [0.5, 0.6) is 5.75 Å². The number of hydrogen-bond acceptors (Lipinski definition) is 4. The van der Waals surface area contributed by atoms with Crippen LogP contribution in [0.15, 0.2) is 48.0 Å². The zero-order valence-corrected chi connectivity index (χ0v) is 16.7. The molecular formula is C17H10Cl4N2O2S. The Labute approximate surface area is 173 Å². The maximum Gasteiger partial charge on any atom is 0.271 e. The van der Waals surface area contributed by atoms with Gasteiger partial charge in [-0.3, -0.25) is 10.1 Å². The van der Waals surface area contributed by atoms with Crippen LogP contribution >= 0.6 is 57.7 Å². The van der Waals surface area contributed by atoms with Gasteiger partial charge in [-0.2, -0.15) is 0 Å². The van der Waals surface area contributed by atoms with Crippen LogP contribution in [0.4, 0.5) is 5.13 Å². The van der Waals surface area contributed by atoms with Gasteiger partial charge in [0.25, 0.3) is 5.91 Å². The third-order valence-electron chi connectivity index (χ3n) is 3.29. The first-order chi connectivity index (χ1) is 12.4. The zero-order valence-electron chi connectivity index (χ0n) is 12.9. The molecule has 1 N–H and O–H groups in total. The summed E-state index contributed by atoms with van der Waals surface area (Å²) in [6.07, 6.45) is 0.597. The van der Waals surface area contributed by atoms with Crippen molar-refractivity contribution < 1.29 is 9.53 Å². The summed E-state index contributed by atoms with van der Waals surface area (Å²) in [5, 5.41) is 6.32. The van der Waals surface area contributed by atoms with Crippen LogP contribution in [-0.2, 0) is 4.79 Å². The molecule has 4 nitrogen and oxygen atoms in total. The molecule has 1 heterocycles. The van der Waals surface area contributed by atoms with Gasteiger partial charge in [-0.1, -0.05) is 52.5 Å². The Morgan fingerprint density at radius 1 is 1.00 bits per heavy atom. The van der Waals surface area contributed by atoms with Crippen LogP contribution in [0.2, 0.25) is 20.1 Å². The number of thiazole rings is 1. The van der Waals surface area contributed by atoms with Crippen LogP contribution in [-0.4, -0.2) is 10.9 Å². The van der Waals surface area contributed by atoms with E-state index in [1.807, 2.05) is 0 Å². The van der Waals surface area contributed by atoms with Gasteiger partial charge in [0, 0.05) is 23.2 Å². The molecule has 0 aliphatic rings. The maximum atomic E-state index is 12.8. The van der Waals surface area contributed by atoms with Crippen LogP contribution < -0.4 is 10.1 Å². The number of ether oxygens (including phenoxy) is 1. The summed E-state index contributed by atoms with van der Waals surface area (Å²) in [5.74, 6) is -0.0332. The highest BCUT2D eigenvalue weighted by Gasteiger charge is 2.25. The highest BCUT2D eigenvalue weighted by Crippen LogP contribution is 2.32. The van der Waals surface area contributed by atoms with E-state index in [1.54, 1.807) is 41.9 Å². The van der Waals surface area contributed by atoms with Crippen LogP contribution in [0.3, 0.4) is 0 Å². The number of anilines is 1. The Morgan fingerprint density at radius 2 is 1.69 bits per heavy atom. The van der Waals surface area contributed by atoms with Gasteiger partial charge in [0.2, 0.25) is 6.10 Å². The van der Waals surface area contributed by atoms with Gasteiger partial charge in [0.05, 0.1) is 20.1 Å². The largest absolute Gasteiger partial charge is 0.476 e. The number of aromatic nitrogens is 1. The fraction of sp³-hybridized carbons (Fsp3) is 0.0588. The van der Waals surface area contributed by atoms with Gasteiger partial charge in [-0.05, 0) is 24.3 Å². The first-order valence-corrected chi connectivity index (χ1v) is 9.60. The van der Waals surface area contributed by atoms with Crippen molar-refractivity contribution in [3.8, 4) is 5.75 Å². The molecule has 3 rings (SSSR count). The fourth-order valence-electron chi connectivity index (χ4n) is 2.09. The molecule has 26 heavy (non-hydrogen) atoms. The van der Waals surface area contributed by atoms with Gasteiger partial charge in [0.1, 0.15) is 5.75 Å². The molecule has 0 fully saturated rings. The molecule has 1 atom stereocenters. The lowest BCUT2D eigenvalue weighted by Gasteiger charge is -2.19. The summed E-state index contributed by atoms with van der Waals surface area (Å²) in [7, 11) is 0. The van der Waals surface area contributed by atoms with Gasteiger partial charge in [0.15, 0.2) is 5.13 Å². The van der Waals surface area contributed by atoms with Crippen molar-refractivity contribution in [2.24, 2.45) is 0 Å². The highest BCUT2D eigenvalue weighted by molar-refractivity contribution is 7.13. The average Bonchev–Trinajstić information content (AvgIpc) is 3.11. The molecule has 0 aliphatic carbocycles. The molecule has 0 aliphatic heterocycles. The summed E-state index contributed by atoms with van der Waals surface area (Å²) in [6.45, 7) is 0. The summed E-state index contributed by atoms with van der Waals surface area (Å²) < 4.78 is 5.86. The minimum Gasteiger partial charge on any atom is -0.476 e. The molecular weight excluding hydrogens is 438 g/mol. The summed E-state index contributed by atoms with van der Waals surface area (Å²) in [6, 6.07) is 9.58. The predicted octanol–water partition coefficient (Wildman–Crippen LogP) is 6.52. The third kappa shape index (κ3) is 4.61. The normalized spacial score (nSPS) is 11.8. The Kier molecular flexibility index (Phi) is 6.27. The number of benzene rings is 2. The monoisotopic (exact) mass is 446 g/mol. The standard InChI is InChI=1S/C17H10Cl4N2O2S/c18-11-3-1-9(7-13(11)20)15(16(24)23-17-22-5-6-26-17)25-10-2-4-12(19)14(21)8-10/h1-8,15H,(H,22,23,24). The summed E-state index contributed by atoms with van der Waals surface area (Å²) in [4.78, 5) is 16.8. The molecule has 0 saturated heterocycles. The number of amides is 1. The van der Waals surface area contributed by atoms with Crippen molar-refractivity contribution in [3.63, 3.8) is 0 Å². The Balaban J connectivity index is 1.92. The molecule has 1 amide bonds. The van der Waals surface area contributed by atoms with Gasteiger partial charge >= 0.3 is 0 Å². The van der Waals surface area contributed by atoms with Gasteiger partial charge < -0.3 is 4.74 Å². The Morgan fingerprint density at radius 3 is 2.31 bits per heavy atom. The van der Waals surface area contributed by atoms with E-state index in [2.05, 4.69) is 10.3 Å². The Hall–Kier alpha value is -1.50. The molecule has 2 aromatic carbocycles. The molecule has 134 valence electrons. The molecule has 0 saturated carbocycles. The lowest BCUT2D eigenvalue weighted by molar-refractivity contribution is -0.123. The SMILES string of the molecule is O=C(Nc1nccs1)C(Oc1ccc(Cl)c(Cl)c1)c1ccc(Cl)c(Cl)c1. The second kappa shape index (κ2) is 8.46. The zero-order chi connectivity index (χ0) is 18.7. The smallest absolute Gasteiger partial charge is 0.271 e. The minimum absolute atomic E-state index is 0.314. The fourth-order valence-corrected chi connectivity index (χ4v) is 3.22. The number of rotatable bonds is 5. The van der Waals surface area contributed by atoms with E-state index < -0.39 is 12.0 Å². The predicted molar refractivity (Wildman–Crippen MR) is 107 cm³/mol. The second-order valence-electron chi connectivity index (χ2n) is 5.07. The molecule has 0 spiro atoms. The molecule has 1 aromatic heterocycles. The van der Waals surface area contributed by atoms with Crippen molar-refractivity contribution >= 4 is 68.8 Å². The number of carbonyl (C=O) groups is 1. The average molecular weight is 448 g/mol. The van der Waals surface area contributed by atoms with E-state index in [0.29, 0.717) is 36.5 Å². The maximum absolute atomic E-state index is 12.8. The molecule has 3 aromatic rings. The molecule has 9 heteroatoms. The van der Waals surface area contributed by atoms with E-state index in [4.69, 9.17) is 51.1 Å². The Bertz CT molecular complexity index is 935. The second-order valence-corrected chi connectivity index (χ2v) is 7.60. The van der Waals surface area contributed by atoms with E-state index >= 15 is 0 Å². The molecule has 0 bridgehead atoms. The van der Waals surface area contributed by atoms with Crippen molar-refractivity contribution in [1.29, 1.82) is 0 Å². The van der Waals surface area contributed by atoms with Crippen LogP contribution in [0, 0.1) is 0 Å². The van der Waals surface area contributed by atoms with E-state index in [-0.39, 0.29) is 0 Å². The number of carbonyl (C=O) groups excluding carboxylic acids is 1. The lowest BCUT2D eigenvalue weighted by Crippen LogP contribution is -2.25. The number of hydrogen-bond donors (Lipinski definition) is 1. The van der Waals surface area contributed by atoms with Crippen LogP contribution in [0.1, 0.15) is 11.7 Å². The van der Waals surface area contributed by atoms with Gasteiger partial charge in [-0.15, -0.1) is 11.3 Å². The van der Waals surface area contributed by atoms with E-state index in [1.165, 1.54) is 17.4 Å². The van der Waals surface area contributed by atoms with Crippen molar-refractivity contribution in [2.75, 3.05) is 5.32 Å². The van der Waals surface area contributed by atoms with E-state index in [9.17, 15) is 4.79 Å². The first-order valence-electron chi connectivity index (χ1n) is 7.21. The summed E-state index contributed by atoms with van der Waals surface area (Å²) >= 11 is 25.3. The molecule has 0 radical (unpaired) electrons. The van der Waals surface area contributed by atoms with E-state index in [0.717, 1.165) is 0 Å². The van der Waals surface area contributed by atoms with Crippen LogP contribution in [0.25, 0.3) is 0 Å². The first kappa shape index (κ1) is 19.3. The molecule has 1 unspecified atom stereocenters. The number of nitrogens with one attached hydrogen (secondary N) is 1. The number of nitrogens with zero attached hydrogens (tertiary/aromatic N) is 1.